The first-order valence-electron chi connectivity index (χ1n) is 12.5. The number of pyridine rings is 1. The minimum Gasteiger partial charge on any atom is -0.368 e. The predicted octanol–water partition coefficient (Wildman–Crippen LogP) is 3.33. The molecule has 1 saturated heterocycles. The third-order valence-electron chi connectivity index (χ3n) is 7.29. The summed E-state index contributed by atoms with van der Waals surface area (Å²) in [7, 11) is -1.47. The Morgan fingerprint density at radius 1 is 1.00 bits per heavy atom. The van der Waals surface area contributed by atoms with Crippen molar-refractivity contribution in [1.82, 2.24) is 19.3 Å². The molecule has 2 aromatic carbocycles. The fourth-order valence-corrected chi connectivity index (χ4v) is 6.41. The first kappa shape index (κ1) is 24.3. The molecule has 0 bridgehead atoms. The Balaban J connectivity index is 1.18. The van der Waals surface area contributed by atoms with Crippen molar-refractivity contribution in [3.05, 3.63) is 78.6 Å². The van der Waals surface area contributed by atoms with Crippen LogP contribution in [-0.4, -0.2) is 47.9 Å². The van der Waals surface area contributed by atoms with E-state index in [2.05, 4.69) is 20.3 Å². The van der Waals surface area contributed by atoms with Crippen molar-refractivity contribution >= 4 is 39.7 Å². The lowest BCUT2D eigenvalue weighted by molar-refractivity contribution is -0.121. The summed E-state index contributed by atoms with van der Waals surface area (Å²) in [6.45, 7) is 0.569. The largest absolute Gasteiger partial charge is 0.368 e. The molecule has 3 N–H and O–H groups in total. The maximum absolute atomic E-state index is 13.3. The van der Waals surface area contributed by atoms with Gasteiger partial charge in [0.15, 0.2) is 0 Å². The molecule has 2 amide bonds. The molecule has 0 radical (unpaired) electrons. The highest BCUT2D eigenvalue weighted by Gasteiger charge is 2.51. The zero-order chi connectivity index (χ0) is 26.3. The van der Waals surface area contributed by atoms with Crippen LogP contribution in [0.5, 0.6) is 0 Å². The predicted molar refractivity (Wildman–Crippen MR) is 144 cm³/mol. The second kappa shape index (κ2) is 9.70. The van der Waals surface area contributed by atoms with Crippen LogP contribution >= 0.6 is 0 Å². The minimum atomic E-state index is -1.47. The zero-order valence-corrected chi connectivity index (χ0v) is 21.4. The Bertz CT molecular complexity index is 1570. The Morgan fingerprint density at radius 3 is 2.50 bits per heavy atom. The molecule has 2 aliphatic rings. The first-order valence-corrected chi connectivity index (χ1v) is 13.6. The summed E-state index contributed by atoms with van der Waals surface area (Å²) < 4.78 is 14.7. The number of amides is 2. The van der Waals surface area contributed by atoms with Gasteiger partial charge in [-0.15, -0.1) is 0 Å². The zero-order valence-electron chi connectivity index (χ0n) is 20.5. The summed E-state index contributed by atoms with van der Waals surface area (Å²) >= 11 is 0. The fraction of sp³-hybridized carbons (Fsp3) is 0.250. The van der Waals surface area contributed by atoms with Crippen molar-refractivity contribution in [2.24, 2.45) is 5.73 Å². The molecule has 9 nitrogen and oxygen atoms in total. The van der Waals surface area contributed by atoms with Crippen LogP contribution in [0.2, 0.25) is 0 Å². The molecular formula is C28H26N6O3S. The lowest BCUT2D eigenvalue weighted by atomic mass is 9.94. The quantitative estimate of drug-likeness (QED) is 0.380. The van der Waals surface area contributed by atoms with Crippen molar-refractivity contribution in [1.29, 1.82) is 0 Å². The van der Waals surface area contributed by atoms with Gasteiger partial charge in [-0.05, 0) is 67.6 Å². The van der Waals surface area contributed by atoms with Gasteiger partial charge in [-0.3, -0.25) is 19.6 Å². The number of aromatic nitrogens is 3. The van der Waals surface area contributed by atoms with Gasteiger partial charge in [0.1, 0.15) is 22.8 Å². The van der Waals surface area contributed by atoms with Gasteiger partial charge in [0.2, 0.25) is 11.8 Å². The Kier molecular flexibility index (Phi) is 6.21. The number of nitrogens with two attached hydrogens (primary N) is 1. The van der Waals surface area contributed by atoms with Crippen LogP contribution in [0.15, 0.2) is 78.0 Å². The molecule has 1 aliphatic carbocycles. The van der Waals surface area contributed by atoms with Gasteiger partial charge in [0.25, 0.3) is 0 Å². The molecule has 10 heteroatoms. The number of hydrogen-bond donors (Lipinski definition) is 2. The second-order valence-electron chi connectivity index (χ2n) is 9.68. The molecule has 192 valence electrons. The van der Waals surface area contributed by atoms with Crippen molar-refractivity contribution in [3.63, 3.8) is 0 Å². The van der Waals surface area contributed by atoms with E-state index < -0.39 is 28.3 Å². The van der Waals surface area contributed by atoms with Gasteiger partial charge >= 0.3 is 0 Å². The molecule has 0 spiro atoms. The average molecular weight is 527 g/mol. The van der Waals surface area contributed by atoms with E-state index >= 15 is 0 Å². The molecule has 2 aromatic heterocycles. The normalized spacial score (nSPS) is 19.2. The van der Waals surface area contributed by atoms with E-state index in [1.807, 2.05) is 42.5 Å². The van der Waals surface area contributed by atoms with Crippen molar-refractivity contribution in [2.45, 2.75) is 42.0 Å². The summed E-state index contributed by atoms with van der Waals surface area (Å²) in [4.78, 5) is 39.0. The van der Waals surface area contributed by atoms with Crippen molar-refractivity contribution in [2.75, 3.05) is 11.9 Å². The number of rotatable bonds is 7. The standard InChI is InChI=1S/C28H26N6O3S/c29-26(35)24-4-2-16-34(24)38(37)20-9-6-18(7-10-20)21-3-1-5-25(32-21)33-27(36)28(12-13-28)19-8-11-22-23(17-19)31-15-14-30-22/h1,3,5-11,14-15,17,24H,2,4,12-13,16H2,(H2,29,35)(H,32,33,36)/t24-,38?/m1/s1. The highest BCUT2D eigenvalue weighted by molar-refractivity contribution is 7.82. The number of fused-ring (bicyclic) bond motifs is 1. The first-order chi connectivity index (χ1) is 18.4. The SMILES string of the molecule is NC(=O)[C@H]1CCCN1S(=O)c1ccc(-c2cccc(NC(=O)C3(c4ccc5nccnc5c4)CC3)n2)cc1. The number of hydrogen-bond acceptors (Lipinski definition) is 6. The molecule has 38 heavy (non-hydrogen) atoms. The van der Waals surface area contributed by atoms with Crippen molar-refractivity contribution < 1.29 is 13.8 Å². The topological polar surface area (TPSA) is 131 Å². The molecule has 6 rings (SSSR count). The number of carbonyl (C=O) groups is 2. The molecular weight excluding hydrogens is 500 g/mol. The van der Waals surface area contributed by atoms with Gasteiger partial charge in [-0.1, -0.05) is 24.3 Å². The van der Waals surface area contributed by atoms with Crippen LogP contribution in [0.1, 0.15) is 31.2 Å². The number of anilines is 1. The summed E-state index contributed by atoms with van der Waals surface area (Å²) in [5.41, 5.74) is 8.89. The molecule has 1 unspecified atom stereocenters. The molecule has 2 atom stereocenters. The third kappa shape index (κ3) is 4.46. The molecule has 3 heterocycles. The summed E-state index contributed by atoms with van der Waals surface area (Å²) in [5.74, 6) is -0.0723. The van der Waals surface area contributed by atoms with Gasteiger partial charge < -0.3 is 11.1 Å². The fourth-order valence-electron chi connectivity index (χ4n) is 5.03. The Morgan fingerprint density at radius 2 is 1.76 bits per heavy atom. The van der Waals surface area contributed by atoms with E-state index in [0.29, 0.717) is 29.4 Å². The van der Waals surface area contributed by atoms with Crippen LogP contribution in [-0.2, 0) is 26.0 Å². The van der Waals surface area contributed by atoms with Gasteiger partial charge in [0, 0.05) is 24.5 Å². The van der Waals surface area contributed by atoms with E-state index in [1.165, 1.54) is 0 Å². The van der Waals surface area contributed by atoms with E-state index in [9.17, 15) is 13.8 Å². The van der Waals surface area contributed by atoms with E-state index in [4.69, 9.17) is 5.73 Å². The molecule has 1 aliphatic heterocycles. The van der Waals surface area contributed by atoms with E-state index in [-0.39, 0.29) is 5.91 Å². The van der Waals surface area contributed by atoms with Gasteiger partial charge in [-0.2, -0.15) is 0 Å². The van der Waals surface area contributed by atoms with Crippen LogP contribution in [0.25, 0.3) is 22.3 Å². The van der Waals surface area contributed by atoms with Crippen LogP contribution in [0, 0.1) is 0 Å². The summed E-state index contributed by atoms with van der Waals surface area (Å²) in [5, 5.41) is 3.00. The maximum Gasteiger partial charge on any atom is 0.236 e. The molecule has 1 saturated carbocycles. The highest BCUT2D eigenvalue weighted by Crippen LogP contribution is 2.49. The van der Waals surface area contributed by atoms with Crippen LogP contribution in [0.4, 0.5) is 5.82 Å². The lowest BCUT2D eigenvalue weighted by Gasteiger charge is -2.20. The number of nitrogens with one attached hydrogen (secondary N) is 1. The lowest BCUT2D eigenvalue weighted by Crippen LogP contribution is -2.41. The monoisotopic (exact) mass is 526 g/mol. The number of carbonyl (C=O) groups excluding carboxylic acids is 2. The Labute approximate surface area is 222 Å². The number of nitrogens with zero attached hydrogens (tertiary/aromatic N) is 4. The average Bonchev–Trinajstić information content (AvgIpc) is 3.61. The summed E-state index contributed by atoms with van der Waals surface area (Å²) in [6, 6.07) is 18.0. The number of primary amides is 1. The van der Waals surface area contributed by atoms with Crippen LogP contribution in [0.3, 0.4) is 0 Å². The molecule has 2 fully saturated rings. The molecule has 4 aromatic rings. The third-order valence-corrected chi connectivity index (χ3v) is 8.83. The van der Waals surface area contributed by atoms with Crippen LogP contribution < -0.4 is 11.1 Å². The Hall–Kier alpha value is -4.02. The maximum atomic E-state index is 13.3. The summed E-state index contributed by atoms with van der Waals surface area (Å²) in [6.07, 6.45) is 6.23. The van der Waals surface area contributed by atoms with E-state index in [1.54, 1.807) is 34.9 Å². The smallest absolute Gasteiger partial charge is 0.236 e. The van der Waals surface area contributed by atoms with E-state index in [0.717, 1.165) is 41.4 Å². The highest BCUT2D eigenvalue weighted by atomic mass is 32.2. The van der Waals surface area contributed by atoms with Crippen molar-refractivity contribution in [3.8, 4) is 11.3 Å². The van der Waals surface area contributed by atoms with Gasteiger partial charge in [-0.25, -0.2) is 13.5 Å². The number of benzene rings is 2. The minimum absolute atomic E-state index is 0.0919. The van der Waals surface area contributed by atoms with Gasteiger partial charge in [0.05, 0.1) is 27.0 Å². The second-order valence-corrected chi connectivity index (χ2v) is 11.1.